The van der Waals surface area contributed by atoms with Crippen LogP contribution in [0.1, 0.15) is 39.2 Å². The minimum absolute atomic E-state index is 0.0305. The summed E-state index contributed by atoms with van der Waals surface area (Å²) in [6.45, 7) is 6.24. The standard InChI is InChI=1S/C19H23N3O7/c1-4-7-8-28-19(25)29-16-11-13(10-15(17(16)23)22(26)27)9-14(12-20)18(24)21(5-2)6-3/h9-11,23H,4-8H2,1-3H3/b14-9+. The van der Waals surface area contributed by atoms with Gasteiger partial charge in [-0.05, 0) is 38.0 Å². The number of nitriles is 1. The lowest BCUT2D eigenvalue weighted by Crippen LogP contribution is -2.31. The van der Waals surface area contributed by atoms with E-state index in [2.05, 4.69) is 0 Å². The van der Waals surface area contributed by atoms with E-state index in [9.17, 15) is 30.1 Å². The molecule has 1 aromatic rings. The third-order valence-corrected chi connectivity index (χ3v) is 3.90. The van der Waals surface area contributed by atoms with Gasteiger partial charge in [-0.3, -0.25) is 14.9 Å². The first-order valence-electron chi connectivity index (χ1n) is 9.05. The molecule has 0 radical (unpaired) electrons. The number of aromatic hydroxyl groups is 1. The number of nitro benzene ring substituents is 1. The van der Waals surface area contributed by atoms with Crippen molar-refractivity contribution >= 4 is 23.8 Å². The van der Waals surface area contributed by atoms with Crippen molar-refractivity contribution in [2.45, 2.75) is 33.6 Å². The Kier molecular flexibility index (Phi) is 9.12. The Morgan fingerprint density at radius 3 is 2.48 bits per heavy atom. The van der Waals surface area contributed by atoms with Gasteiger partial charge in [0.1, 0.15) is 11.6 Å². The summed E-state index contributed by atoms with van der Waals surface area (Å²) in [7, 11) is 0. The topological polar surface area (TPSA) is 143 Å². The maximum atomic E-state index is 12.4. The van der Waals surface area contributed by atoms with E-state index in [1.807, 2.05) is 6.92 Å². The minimum Gasteiger partial charge on any atom is -0.499 e. The van der Waals surface area contributed by atoms with E-state index >= 15 is 0 Å². The van der Waals surface area contributed by atoms with Crippen molar-refractivity contribution in [2.75, 3.05) is 19.7 Å². The van der Waals surface area contributed by atoms with Gasteiger partial charge >= 0.3 is 11.8 Å². The number of amides is 1. The van der Waals surface area contributed by atoms with Gasteiger partial charge < -0.3 is 19.5 Å². The zero-order chi connectivity index (χ0) is 22.0. The van der Waals surface area contributed by atoms with Crippen molar-refractivity contribution in [3.05, 3.63) is 33.4 Å². The van der Waals surface area contributed by atoms with Crippen LogP contribution in [0.15, 0.2) is 17.7 Å². The summed E-state index contributed by atoms with van der Waals surface area (Å²) < 4.78 is 9.68. The van der Waals surface area contributed by atoms with Crippen LogP contribution < -0.4 is 4.74 Å². The van der Waals surface area contributed by atoms with E-state index in [0.717, 1.165) is 24.6 Å². The number of ether oxygens (including phenoxy) is 2. The van der Waals surface area contributed by atoms with E-state index < -0.39 is 34.2 Å². The monoisotopic (exact) mass is 405 g/mol. The molecule has 0 atom stereocenters. The SMILES string of the molecule is CCCCOC(=O)Oc1cc(/C=C(\C#N)C(=O)N(CC)CC)cc([N+](=O)[O-])c1O. The van der Waals surface area contributed by atoms with Crippen molar-refractivity contribution in [3.8, 4) is 17.6 Å². The van der Waals surface area contributed by atoms with Gasteiger partial charge in [0, 0.05) is 19.2 Å². The third kappa shape index (κ3) is 6.49. The summed E-state index contributed by atoms with van der Waals surface area (Å²) in [4.78, 5) is 35.9. The maximum Gasteiger partial charge on any atom is 0.513 e. The van der Waals surface area contributed by atoms with Gasteiger partial charge in [0.2, 0.25) is 5.75 Å². The number of phenols is 1. The van der Waals surface area contributed by atoms with Gasteiger partial charge in [0.05, 0.1) is 11.5 Å². The smallest absolute Gasteiger partial charge is 0.499 e. The quantitative estimate of drug-likeness (QED) is 0.125. The lowest BCUT2D eigenvalue weighted by atomic mass is 10.1. The van der Waals surface area contributed by atoms with Crippen LogP contribution in [-0.2, 0) is 9.53 Å². The number of phenolic OH excluding ortho intramolecular Hbond substituents is 1. The highest BCUT2D eigenvalue weighted by atomic mass is 16.7. The molecular weight excluding hydrogens is 382 g/mol. The van der Waals surface area contributed by atoms with Crippen LogP contribution >= 0.6 is 0 Å². The van der Waals surface area contributed by atoms with Crippen LogP contribution in [0.2, 0.25) is 0 Å². The second-order valence-electron chi connectivity index (χ2n) is 5.85. The predicted octanol–water partition coefficient (Wildman–Crippen LogP) is 3.39. The Morgan fingerprint density at radius 1 is 1.31 bits per heavy atom. The molecule has 0 saturated heterocycles. The number of hydrogen-bond acceptors (Lipinski definition) is 8. The number of nitrogens with zero attached hydrogens (tertiary/aromatic N) is 3. The zero-order valence-electron chi connectivity index (χ0n) is 16.5. The van der Waals surface area contributed by atoms with Crippen LogP contribution in [0.3, 0.4) is 0 Å². The fourth-order valence-electron chi connectivity index (χ4n) is 2.32. The lowest BCUT2D eigenvalue weighted by Gasteiger charge is -2.17. The molecule has 0 fully saturated rings. The Bertz CT molecular complexity index is 839. The Hall–Kier alpha value is -3.61. The number of likely N-dealkylation sites (N-methyl/N-ethyl adjacent to an activating group) is 1. The fourth-order valence-corrected chi connectivity index (χ4v) is 2.32. The average Bonchev–Trinajstić information content (AvgIpc) is 2.69. The predicted molar refractivity (Wildman–Crippen MR) is 103 cm³/mol. The van der Waals surface area contributed by atoms with E-state index in [0.29, 0.717) is 19.5 Å². The molecule has 0 saturated carbocycles. The molecule has 0 aliphatic carbocycles. The molecule has 1 N–H and O–H groups in total. The van der Waals surface area contributed by atoms with Crippen molar-refractivity contribution in [1.82, 2.24) is 4.90 Å². The number of nitro groups is 1. The van der Waals surface area contributed by atoms with Gasteiger partial charge in [-0.25, -0.2) is 4.79 Å². The molecule has 0 bridgehead atoms. The minimum atomic E-state index is -1.14. The molecule has 10 nitrogen and oxygen atoms in total. The molecule has 1 amide bonds. The van der Waals surface area contributed by atoms with Crippen molar-refractivity contribution < 1.29 is 29.1 Å². The summed E-state index contributed by atoms with van der Waals surface area (Å²) >= 11 is 0. The second kappa shape index (κ2) is 11.3. The molecule has 0 aliphatic rings. The van der Waals surface area contributed by atoms with Crippen LogP contribution in [0.5, 0.6) is 11.5 Å². The van der Waals surface area contributed by atoms with Gasteiger partial charge in [-0.2, -0.15) is 5.26 Å². The van der Waals surface area contributed by atoms with Crippen molar-refractivity contribution in [3.63, 3.8) is 0 Å². The van der Waals surface area contributed by atoms with Crippen LogP contribution in [0.4, 0.5) is 10.5 Å². The number of unbranched alkanes of at least 4 members (excludes halogenated alkanes) is 1. The molecule has 0 aromatic heterocycles. The molecular formula is C19H23N3O7. The Balaban J connectivity index is 3.32. The van der Waals surface area contributed by atoms with Crippen LogP contribution in [0, 0.1) is 21.4 Å². The maximum absolute atomic E-state index is 12.4. The Morgan fingerprint density at radius 2 is 1.97 bits per heavy atom. The van der Waals surface area contributed by atoms with E-state index in [4.69, 9.17) is 9.47 Å². The summed E-state index contributed by atoms with van der Waals surface area (Å²) in [5.41, 5.74) is -0.976. The van der Waals surface area contributed by atoms with Crippen molar-refractivity contribution in [2.24, 2.45) is 0 Å². The molecule has 0 unspecified atom stereocenters. The van der Waals surface area contributed by atoms with Crippen molar-refractivity contribution in [1.29, 1.82) is 5.26 Å². The number of carbonyl (C=O) groups is 2. The molecule has 0 heterocycles. The number of rotatable bonds is 9. The molecule has 156 valence electrons. The summed E-state index contributed by atoms with van der Waals surface area (Å²) in [5, 5.41) is 30.6. The van der Waals surface area contributed by atoms with Gasteiger partial charge in [0.15, 0.2) is 5.75 Å². The molecule has 10 heteroatoms. The first-order valence-corrected chi connectivity index (χ1v) is 9.05. The fraction of sp³-hybridized carbons (Fsp3) is 0.421. The molecule has 0 spiro atoms. The van der Waals surface area contributed by atoms with Gasteiger partial charge in [-0.1, -0.05) is 13.3 Å². The number of hydrogen-bond donors (Lipinski definition) is 1. The normalized spacial score (nSPS) is 10.8. The first-order chi connectivity index (χ1) is 13.8. The second-order valence-corrected chi connectivity index (χ2v) is 5.85. The van der Waals surface area contributed by atoms with Crippen LogP contribution in [-0.4, -0.2) is 46.7 Å². The highest BCUT2D eigenvalue weighted by Crippen LogP contribution is 2.38. The highest BCUT2D eigenvalue weighted by Gasteiger charge is 2.23. The zero-order valence-corrected chi connectivity index (χ0v) is 16.5. The highest BCUT2D eigenvalue weighted by molar-refractivity contribution is 6.01. The van der Waals surface area contributed by atoms with Gasteiger partial charge in [-0.15, -0.1) is 0 Å². The van der Waals surface area contributed by atoms with E-state index in [1.54, 1.807) is 19.9 Å². The lowest BCUT2D eigenvalue weighted by molar-refractivity contribution is -0.385. The largest absolute Gasteiger partial charge is 0.513 e. The van der Waals surface area contributed by atoms with Gasteiger partial charge in [0.25, 0.3) is 5.91 Å². The molecule has 0 aliphatic heterocycles. The molecule has 1 rings (SSSR count). The third-order valence-electron chi connectivity index (χ3n) is 3.90. The molecule has 29 heavy (non-hydrogen) atoms. The van der Waals surface area contributed by atoms with E-state index in [-0.39, 0.29) is 17.7 Å². The average molecular weight is 405 g/mol. The first kappa shape index (κ1) is 23.4. The number of carbonyl (C=O) groups excluding carboxylic acids is 2. The van der Waals surface area contributed by atoms with E-state index in [1.165, 1.54) is 4.90 Å². The molecule has 1 aromatic carbocycles. The summed E-state index contributed by atoms with van der Waals surface area (Å²) in [6, 6.07) is 3.84. The van der Waals surface area contributed by atoms with Crippen LogP contribution in [0.25, 0.3) is 6.08 Å². The Labute approximate surface area is 168 Å². The number of benzene rings is 1. The summed E-state index contributed by atoms with van der Waals surface area (Å²) in [5.74, 6) is -1.93. The summed E-state index contributed by atoms with van der Waals surface area (Å²) in [6.07, 6.45) is 1.37.